The number of anilines is 1. The lowest BCUT2D eigenvalue weighted by Crippen LogP contribution is -2.29. The van der Waals surface area contributed by atoms with Crippen molar-refractivity contribution >= 4 is 46.6 Å². The summed E-state index contributed by atoms with van der Waals surface area (Å²) in [5.41, 5.74) is 1.07. The van der Waals surface area contributed by atoms with E-state index in [0.717, 1.165) is 5.01 Å². The Labute approximate surface area is 154 Å². The Bertz CT molecular complexity index is 804. The monoisotopic (exact) mass is 380 g/mol. The summed E-state index contributed by atoms with van der Waals surface area (Å²) in [5.74, 6) is -0.673. The van der Waals surface area contributed by atoms with Crippen LogP contribution in [0, 0.1) is 6.92 Å². The summed E-state index contributed by atoms with van der Waals surface area (Å²) in [6, 6.07) is 4.83. The number of rotatable bonds is 6. The number of methoxy groups -OCH3 is 1. The molecule has 1 N–H and O–H groups in total. The summed E-state index contributed by atoms with van der Waals surface area (Å²) in [7, 11) is 1.48. The Morgan fingerprint density at radius 1 is 1.40 bits per heavy atom. The number of nitrogens with zero attached hydrogens (tertiary/aromatic N) is 1. The molecule has 0 bridgehead atoms. The second-order valence-electron chi connectivity index (χ2n) is 5.04. The van der Waals surface area contributed by atoms with E-state index in [2.05, 4.69) is 10.3 Å². The first-order valence-electron chi connectivity index (χ1n) is 7.34. The van der Waals surface area contributed by atoms with Gasteiger partial charge >= 0.3 is 5.97 Å². The Balaban J connectivity index is 1.94. The average molecular weight is 381 g/mol. The number of benzene rings is 1. The van der Waals surface area contributed by atoms with Crippen molar-refractivity contribution in [3.8, 4) is 5.75 Å². The van der Waals surface area contributed by atoms with Crippen molar-refractivity contribution in [1.82, 2.24) is 4.98 Å². The second-order valence-corrected chi connectivity index (χ2v) is 6.54. The van der Waals surface area contributed by atoms with Gasteiger partial charge in [0.25, 0.3) is 5.91 Å². The molecule has 1 unspecified atom stereocenters. The van der Waals surface area contributed by atoms with Crippen molar-refractivity contribution < 1.29 is 19.1 Å². The van der Waals surface area contributed by atoms with E-state index in [1.54, 1.807) is 18.2 Å². The molecule has 1 amide bonds. The van der Waals surface area contributed by atoms with Gasteiger partial charge in [-0.3, -0.25) is 4.79 Å². The number of ether oxygens (including phenoxy) is 2. The maximum absolute atomic E-state index is 12.2. The molecule has 0 fully saturated rings. The number of halogens is 1. The Kier molecular flexibility index (Phi) is 6.55. The van der Waals surface area contributed by atoms with Crippen LogP contribution in [0.2, 0.25) is 5.02 Å². The molecule has 25 heavy (non-hydrogen) atoms. The Hall–Kier alpha value is -2.38. The molecule has 1 atom stereocenters. The quantitative estimate of drug-likeness (QED) is 0.610. The largest absolute Gasteiger partial charge is 0.495 e. The van der Waals surface area contributed by atoms with Crippen LogP contribution < -0.4 is 10.1 Å². The van der Waals surface area contributed by atoms with Crippen LogP contribution in [0.15, 0.2) is 29.7 Å². The first kappa shape index (κ1) is 19.0. The lowest BCUT2D eigenvalue weighted by atomic mass is 10.2. The van der Waals surface area contributed by atoms with Crippen molar-refractivity contribution in [3.05, 3.63) is 45.4 Å². The minimum Gasteiger partial charge on any atom is -0.495 e. The molecule has 0 aliphatic heterocycles. The fourth-order valence-electron chi connectivity index (χ4n) is 1.89. The van der Waals surface area contributed by atoms with E-state index in [0.29, 0.717) is 22.2 Å². The number of esters is 1. The summed E-state index contributed by atoms with van der Waals surface area (Å²) in [5, 5.41) is 5.79. The number of nitrogens with one attached hydrogen (secondary N) is 1. The smallest absolute Gasteiger partial charge is 0.331 e. The number of carbonyl (C=O) groups is 2. The van der Waals surface area contributed by atoms with Crippen LogP contribution in [-0.2, 0) is 14.3 Å². The Morgan fingerprint density at radius 3 is 2.80 bits per heavy atom. The zero-order chi connectivity index (χ0) is 18.4. The molecule has 0 saturated carbocycles. The fourth-order valence-corrected chi connectivity index (χ4v) is 2.64. The molecule has 132 valence electrons. The maximum atomic E-state index is 12.2. The third-order valence-electron chi connectivity index (χ3n) is 3.11. The van der Waals surface area contributed by atoms with Crippen molar-refractivity contribution in [3.63, 3.8) is 0 Å². The molecule has 1 heterocycles. The molecule has 2 aromatic rings. The van der Waals surface area contributed by atoms with E-state index in [1.165, 1.54) is 37.5 Å². The molecular formula is C17H17ClN2O4S. The second kappa shape index (κ2) is 8.64. The van der Waals surface area contributed by atoms with Crippen LogP contribution in [0.1, 0.15) is 17.6 Å². The average Bonchev–Trinajstić information content (AvgIpc) is 2.98. The van der Waals surface area contributed by atoms with Gasteiger partial charge in [-0.2, -0.15) is 0 Å². The van der Waals surface area contributed by atoms with Gasteiger partial charge in [0.15, 0.2) is 6.10 Å². The highest BCUT2D eigenvalue weighted by molar-refractivity contribution is 7.09. The number of hydrogen-bond acceptors (Lipinski definition) is 6. The van der Waals surface area contributed by atoms with Gasteiger partial charge in [0.2, 0.25) is 0 Å². The molecule has 6 nitrogen and oxygen atoms in total. The summed E-state index contributed by atoms with van der Waals surface area (Å²) >= 11 is 7.40. The number of carbonyl (C=O) groups excluding carboxylic acids is 2. The molecule has 0 aliphatic carbocycles. The van der Waals surface area contributed by atoms with Crippen LogP contribution in [0.25, 0.3) is 6.08 Å². The highest BCUT2D eigenvalue weighted by atomic mass is 35.5. The van der Waals surface area contributed by atoms with Crippen LogP contribution >= 0.6 is 22.9 Å². The Morgan fingerprint density at radius 2 is 2.16 bits per heavy atom. The van der Waals surface area contributed by atoms with E-state index in [4.69, 9.17) is 21.1 Å². The number of amides is 1. The minimum absolute atomic E-state index is 0.399. The van der Waals surface area contributed by atoms with Crippen LogP contribution in [0.4, 0.5) is 5.69 Å². The molecule has 2 rings (SSSR count). The topological polar surface area (TPSA) is 77.5 Å². The lowest BCUT2D eigenvalue weighted by Gasteiger charge is -2.14. The zero-order valence-electron chi connectivity index (χ0n) is 13.9. The van der Waals surface area contributed by atoms with Gasteiger partial charge in [-0.1, -0.05) is 11.6 Å². The van der Waals surface area contributed by atoms with E-state index < -0.39 is 18.0 Å². The van der Waals surface area contributed by atoms with Gasteiger partial charge in [-0.25, -0.2) is 9.78 Å². The van der Waals surface area contributed by atoms with Crippen molar-refractivity contribution in [2.45, 2.75) is 20.0 Å². The highest BCUT2D eigenvalue weighted by Gasteiger charge is 2.18. The predicted octanol–water partition coefficient (Wildman–Crippen LogP) is 3.70. The highest BCUT2D eigenvalue weighted by Crippen LogP contribution is 2.27. The maximum Gasteiger partial charge on any atom is 0.331 e. The van der Waals surface area contributed by atoms with E-state index >= 15 is 0 Å². The molecule has 0 aliphatic rings. The number of thiazole rings is 1. The van der Waals surface area contributed by atoms with Crippen LogP contribution in [0.3, 0.4) is 0 Å². The number of aromatic nitrogens is 1. The summed E-state index contributed by atoms with van der Waals surface area (Å²) < 4.78 is 10.2. The molecule has 0 radical (unpaired) electrons. The van der Waals surface area contributed by atoms with Gasteiger partial charge in [-0.05, 0) is 38.1 Å². The van der Waals surface area contributed by atoms with Gasteiger partial charge < -0.3 is 14.8 Å². The third kappa shape index (κ3) is 5.58. The van der Waals surface area contributed by atoms with E-state index in [1.807, 2.05) is 12.3 Å². The molecule has 0 saturated heterocycles. The summed E-state index contributed by atoms with van der Waals surface area (Å²) in [4.78, 5) is 28.2. The molecule has 8 heteroatoms. The molecule has 0 spiro atoms. The minimum atomic E-state index is -0.988. The first-order valence-corrected chi connectivity index (χ1v) is 8.60. The van der Waals surface area contributed by atoms with Crippen LogP contribution in [0.5, 0.6) is 5.75 Å². The number of hydrogen-bond donors (Lipinski definition) is 1. The molecule has 1 aromatic heterocycles. The van der Waals surface area contributed by atoms with Crippen LogP contribution in [-0.4, -0.2) is 30.1 Å². The van der Waals surface area contributed by atoms with Gasteiger partial charge in [0, 0.05) is 16.5 Å². The van der Waals surface area contributed by atoms with Gasteiger partial charge in [-0.15, -0.1) is 11.3 Å². The third-order valence-corrected chi connectivity index (χ3v) is 4.14. The summed E-state index contributed by atoms with van der Waals surface area (Å²) in [6.07, 6.45) is 1.78. The molecular weight excluding hydrogens is 364 g/mol. The summed E-state index contributed by atoms with van der Waals surface area (Å²) in [6.45, 7) is 3.35. The van der Waals surface area contributed by atoms with E-state index in [9.17, 15) is 9.59 Å². The van der Waals surface area contributed by atoms with Gasteiger partial charge in [0.05, 0.1) is 23.5 Å². The first-order chi connectivity index (χ1) is 11.9. The molecule has 1 aromatic carbocycles. The van der Waals surface area contributed by atoms with Crippen molar-refractivity contribution in [2.75, 3.05) is 12.4 Å². The van der Waals surface area contributed by atoms with Crippen molar-refractivity contribution in [2.24, 2.45) is 0 Å². The number of aryl methyl sites for hydroxylation is 1. The van der Waals surface area contributed by atoms with E-state index in [-0.39, 0.29) is 0 Å². The zero-order valence-corrected chi connectivity index (χ0v) is 15.5. The SMILES string of the molecule is COc1ccc(Cl)cc1NC(=O)C(C)OC(=O)/C=C/c1csc(C)n1. The fraction of sp³-hybridized carbons (Fsp3) is 0.235. The van der Waals surface area contributed by atoms with Crippen molar-refractivity contribution in [1.29, 1.82) is 0 Å². The normalized spacial score (nSPS) is 12.0. The standard InChI is InChI=1S/C17H17ClN2O4S/c1-10(24-16(21)7-5-13-9-25-11(2)19-13)17(22)20-14-8-12(18)4-6-15(14)23-3/h4-10H,1-3H3,(H,20,22)/b7-5+. The predicted molar refractivity (Wildman–Crippen MR) is 98.1 cm³/mol. The lowest BCUT2D eigenvalue weighted by molar-refractivity contribution is -0.148. The van der Waals surface area contributed by atoms with Gasteiger partial charge in [0.1, 0.15) is 5.75 Å².